The number of amides is 2. The van der Waals surface area contributed by atoms with Crippen molar-refractivity contribution in [2.24, 2.45) is 5.92 Å². The predicted molar refractivity (Wildman–Crippen MR) is 109 cm³/mol. The molecule has 1 aromatic heterocycles. The number of benzene rings is 2. The van der Waals surface area contributed by atoms with E-state index in [1.165, 1.54) is 0 Å². The van der Waals surface area contributed by atoms with Crippen molar-refractivity contribution in [3.05, 3.63) is 59.3 Å². The van der Waals surface area contributed by atoms with Crippen LogP contribution in [0.1, 0.15) is 34.5 Å². The summed E-state index contributed by atoms with van der Waals surface area (Å²) >= 11 is 0. The van der Waals surface area contributed by atoms with Crippen molar-refractivity contribution in [1.82, 2.24) is 15.1 Å². The average molecular weight is 376 g/mol. The smallest absolute Gasteiger partial charge is 0.274 e. The van der Waals surface area contributed by atoms with Crippen LogP contribution >= 0.6 is 0 Å². The fourth-order valence-corrected chi connectivity index (χ4v) is 3.73. The summed E-state index contributed by atoms with van der Waals surface area (Å²) in [5, 5.41) is 11.0. The molecule has 1 aliphatic rings. The molecule has 6 nitrogen and oxygen atoms in total. The highest BCUT2D eigenvalue weighted by Gasteiger charge is 2.29. The molecular formula is C22H24N4O2. The minimum absolute atomic E-state index is 0.0334. The van der Waals surface area contributed by atoms with Crippen molar-refractivity contribution in [2.45, 2.75) is 26.7 Å². The minimum atomic E-state index is -0.0834. The number of H-pyrrole nitrogens is 1. The highest BCUT2D eigenvalue weighted by Crippen LogP contribution is 2.24. The molecule has 0 bridgehead atoms. The zero-order valence-corrected chi connectivity index (χ0v) is 16.2. The van der Waals surface area contributed by atoms with Gasteiger partial charge < -0.3 is 10.2 Å². The number of nitrogens with zero attached hydrogens (tertiary/aromatic N) is 2. The van der Waals surface area contributed by atoms with Crippen molar-refractivity contribution in [3.8, 4) is 0 Å². The SMILES string of the molecule is Cc1ccc(C)c(NC(=O)C2CCN(C(=O)c3n[nH]c4ccccc34)CC2)c1. The fraction of sp³-hybridized carbons (Fsp3) is 0.318. The number of hydrogen-bond acceptors (Lipinski definition) is 3. The van der Waals surface area contributed by atoms with Crippen LogP contribution in [0.2, 0.25) is 0 Å². The Balaban J connectivity index is 1.39. The van der Waals surface area contributed by atoms with Crippen molar-refractivity contribution in [3.63, 3.8) is 0 Å². The lowest BCUT2D eigenvalue weighted by Gasteiger charge is -2.31. The molecule has 2 aromatic carbocycles. The number of anilines is 1. The van der Waals surface area contributed by atoms with Crippen LogP contribution < -0.4 is 5.32 Å². The number of carbonyl (C=O) groups is 2. The lowest BCUT2D eigenvalue weighted by Crippen LogP contribution is -2.41. The van der Waals surface area contributed by atoms with Gasteiger partial charge in [0.05, 0.1) is 5.52 Å². The van der Waals surface area contributed by atoms with Crippen LogP contribution in [-0.4, -0.2) is 40.0 Å². The highest BCUT2D eigenvalue weighted by atomic mass is 16.2. The average Bonchev–Trinajstić information content (AvgIpc) is 3.14. The molecule has 0 unspecified atom stereocenters. The Kier molecular flexibility index (Phi) is 4.86. The monoisotopic (exact) mass is 376 g/mol. The molecule has 6 heteroatoms. The normalized spacial score (nSPS) is 15.0. The van der Waals surface area contributed by atoms with Crippen molar-refractivity contribution < 1.29 is 9.59 Å². The van der Waals surface area contributed by atoms with E-state index in [9.17, 15) is 9.59 Å². The standard InChI is InChI=1S/C22H24N4O2/c1-14-7-8-15(2)19(13-14)23-21(27)16-9-11-26(12-10-16)22(28)20-17-5-3-4-6-18(17)24-25-20/h3-8,13,16H,9-12H2,1-2H3,(H,23,27)(H,24,25). The maximum atomic E-state index is 12.9. The number of aromatic amines is 1. The predicted octanol–water partition coefficient (Wildman–Crippen LogP) is 3.67. The Morgan fingerprint density at radius 2 is 1.86 bits per heavy atom. The van der Waals surface area contributed by atoms with E-state index in [0.29, 0.717) is 31.6 Å². The summed E-state index contributed by atoms with van der Waals surface area (Å²) in [6, 6.07) is 13.7. The maximum absolute atomic E-state index is 12.9. The topological polar surface area (TPSA) is 78.1 Å². The number of aromatic nitrogens is 2. The van der Waals surface area contributed by atoms with E-state index < -0.39 is 0 Å². The van der Waals surface area contributed by atoms with Crippen molar-refractivity contribution >= 4 is 28.4 Å². The van der Waals surface area contributed by atoms with E-state index in [-0.39, 0.29) is 17.7 Å². The molecule has 2 heterocycles. The minimum Gasteiger partial charge on any atom is -0.337 e. The summed E-state index contributed by atoms with van der Waals surface area (Å²) in [6.07, 6.45) is 1.32. The molecule has 0 spiro atoms. The molecule has 28 heavy (non-hydrogen) atoms. The first kappa shape index (κ1) is 18.2. The van der Waals surface area contributed by atoms with Gasteiger partial charge in [-0.3, -0.25) is 14.7 Å². The summed E-state index contributed by atoms with van der Waals surface area (Å²) in [5.41, 5.74) is 4.35. The zero-order chi connectivity index (χ0) is 19.7. The first-order chi connectivity index (χ1) is 13.5. The molecule has 2 amide bonds. The van der Waals surface area contributed by atoms with Gasteiger partial charge in [-0.05, 0) is 49.9 Å². The maximum Gasteiger partial charge on any atom is 0.274 e. The van der Waals surface area contributed by atoms with Gasteiger partial charge in [-0.1, -0.05) is 30.3 Å². The summed E-state index contributed by atoms with van der Waals surface area (Å²) in [5.74, 6) is -0.128. The largest absolute Gasteiger partial charge is 0.337 e. The Hall–Kier alpha value is -3.15. The van der Waals surface area contributed by atoms with Gasteiger partial charge in [0.15, 0.2) is 5.69 Å². The lowest BCUT2D eigenvalue weighted by molar-refractivity contribution is -0.121. The zero-order valence-electron chi connectivity index (χ0n) is 16.2. The summed E-state index contributed by atoms with van der Waals surface area (Å²) in [4.78, 5) is 27.3. The Labute approximate surface area is 163 Å². The van der Waals surface area contributed by atoms with Crippen LogP contribution in [0.4, 0.5) is 5.69 Å². The van der Waals surface area contributed by atoms with Crippen LogP contribution in [0.15, 0.2) is 42.5 Å². The van der Waals surface area contributed by atoms with E-state index in [1.54, 1.807) is 4.90 Å². The first-order valence-corrected chi connectivity index (χ1v) is 9.63. The molecule has 0 aliphatic carbocycles. The first-order valence-electron chi connectivity index (χ1n) is 9.63. The number of fused-ring (bicyclic) bond motifs is 1. The number of para-hydroxylation sites is 1. The molecule has 1 aliphatic heterocycles. The Morgan fingerprint density at radius 1 is 1.11 bits per heavy atom. The van der Waals surface area contributed by atoms with E-state index in [1.807, 2.05) is 56.3 Å². The number of carbonyl (C=O) groups excluding carboxylic acids is 2. The lowest BCUT2D eigenvalue weighted by atomic mass is 9.95. The van der Waals surface area contributed by atoms with Crippen LogP contribution in [0.5, 0.6) is 0 Å². The van der Waals surface area contributed by atoms with Gasteiger partial charge >= 0.3 is 0 Å². The second-order valence-electron chi connectivity index (χ2n) is 7.49. The van der Waals surface area contributed by atoms with Gasteiger partial charge in [0.25, 0.3) is 5.91 Å². The molecule has 0 saturated carbocycles. The van der Waals surface area contributed by atoms with Gasteiger partial charge in [0.2, 0.25) is 5.91 Å². The molecule has 4 rings (SSSR count). The van der Waals surface area contributed by atoms with Gasteiger partial charge in [0, 0.05) is 30.1 Å². The molecule has 2 N–H and O–H groups in total. The van der Waals surface area contributed by atoms with Gasteiger partial charge in [-0.25, -0.2) is 0 Å². The van der Waals surface area contributed by atoms with Crippen LogP contribution in [-0.2, 0) is 4.79 Å². The number of likely N-dealkylation sites (tertiary alicyclic amines) is 1. The molecule has 0 radical (unpaired) electrons. The highest BCUT2D eigenvalue weighted by molar-refractivity contribution is 6.04. The van der Waals surface area contributed by atoms with Gasteiger partial charge in [-0.15, -0.1) is 0 Å². The molecule has 1 saturated heterocycles. The van der Waals surface area contributed by atoms with Crippen LogP contribution in [0, 0.1) is 19.8 Å². The van der Waals surface area contributed by atoms with Crippen LogP contribution in [0.25, 0.3) is 10.9 Å². The molecule has 144 valence electrons. The van der Waals surface area contributed by atoms with E-state index in [0.717, 1.165) is 27.7 Å². The third kappa shape index (κ3) is 3.50. The van der Waals surface area contributed by atoms with Crippen molar-refractivity contribution in [2.75, 3.05) is 18.4 Å². The van der Waals surface area contributed by atoms with E-state index in [2.05, 4.69) is 15.5 Å². The van der Waals surface area contributed by atoms with E-state index in [4.69, 9.17) is 0 Å². The molecule has 1 fully saturated rings. The van der Waals surface area contributed by atoms with E-state index >= 15 is 0 Å². The third-order valence-corrected chi connectivity index (χ3v) is 5.48. The molecular weight excluding hydrogens is 352 g/mol. The number of hydrogen-bond donors (Lipinski definition) is 2. The summed E-state index contributed by atoms with van der Waals surface area (Å²) in [6.45, 7) is 5.12. The van der Waals surface area contributed by atoms with Gasteiger partial charge in [0.1, 0.15) is 0 Å². The quantitative estimate of drug-likeness (QED) is 0.732. The van der Waals surface area contributed by atoms with Crippen LogP contribution in [0.3, 0.4) is 0 Å². The Bertz CT molecular complexity index is 1030. The second-order valence-corrected chi connectivity index (χ2v) is 7.49. The second kappa shape index (κ2) is 7.46. The van der Waals surface area contributed by atoms with Gasteiger partial charge in [-0.2, -0.15) is 5.10 Å². The fourth-order valence-electron chi connectivity index (χ4n) is 3.73. The number of rotatable bonds is 3. The Morgan fingerprint density at radius 3 is 2.64 bits per heavy atom. The number of piperidine rings is 1. The molecule has 0 atom stereocenters. The number of nitrogens with one attached hydrogen (secondary N) is 2. The number of aryl methyl sites for hydroxylation is 2. The summed E-state index contributed by atoms with van der Waals surface area (Å²) in [7, 11) is 0. The molecule has 3 aromatic rings. The summed E-state index contributed by atoms with van der Waals surface area (Å²) < 4.78 is 0. The third-order valence-electron chi connectivity index (χ3n) is 5.48. The van der Waals surface area contributed by atoms with Crippen molar-refractivity contribution in [1.29, 1.82) is 0 Å².